The van der Waals surface area contributed by atoms with Crippen LogP contribution in [0.3, 0.4) is 0 Å². The van der Waals surface area contributed by atoms with Gasteiger partial charge < -0.3 is 16.4 Å². The quantitative estimate of drug-likeness (QED) is 0.807. The lowest BCUT2D eigenvalue weighted by Gasteiger charge is -2.09. The van der Waals surface area contributed by atoms with Crippen LogP contribution in [0.25, 0.3) is 0 Å². The Morgan fingerprint density at radius 3 is 2.45 bits per heavy atom. The Kier molecular flexibility index (Phi) is 4.49. The van der Waals surface area contributed by atoms with Crippen LogP contribution in [-0.2, 0) is 4.79 Å². The molecule has 6 heteroatoms. The van der Waals surface area contributed by atoms with Gasteiger partial charge in [0.1, 0.15) is 0 Å². The number of nitrogens with two attached hydrogens (primary N) is 1. The third kappa shape index (κ3) is 3.66. The summed E-state index contributed by atoms with van der Waals surface area (Å²) in [7, 11) is 0. The Hall–Kier alpha value is -2.18. The van der Waals surface area contributed by atoms with Crippen LogP contribution in [0.4, 0.5) is 11.4 Å². The van der Waals surface area contributed by atoms with Crippen LogP contribution in [0.5, 0.6) is 0 Å². The molecule has 0 fully saturated rings. The molecular formula is C14H15N3O2S. The summed E-state index contributed by atoms with van der Waals surface area (Å²) in [5, 5.41) is 7.29. The van der Waals surface area contributed by atoms with Crippen LogP contribution in [0.2, 0.25) is 0 Å². The molecule has 0 radical (unpaired) electrons. The maximum atomic E-state index is 11.9. The van der Waals surface area contributed by atoms with Crippen LogP contribution >= 0.6 is 11.3 Å². The average Bonchev–Trinajstić information content (AvgIpc) is 2.92. The number of carbonyl (C=O) groups is 2. The molecule has 1 atom stereocenters. The minimum Gasteiger partial charge on any atom is -0.325 e. The summed E-state index contributed by atoms with van der Waals surface area (Å²) in [6.07, 6.45) is 0. The molecule has 5 nitrogen and oxygen atoms in total. The molecule has 0 spiro atoms. The van der Waals surface area contributed by atoms with Crippen molar-refractivity contribution in [3.63, 3.8) is 0 Å². The zero-order valence-electron chi connectivity index (χ0n) is 10.9. The lowest BCUT2D eigenvalue weighted by atomic mass is 10.2. The molecule has 0 aliphatic carbocycles. The topological polar surface area (TPSA) is 84.2 Å². The van der Waals surface area contributed by atoms with Gasteiger partial charge in [-0.3, -0.25) is 9.59 Å². The second-order valence-electron chi connectivity index (χ2n) is 4.29. The Morgan fingerprint density at radius 2 is 1.85 bits per heavy atom. The zero-order valence-corrected chi connectivity index (χ0v) is 11.7. The average molecular weight is 289 g/mol. The fourth-order valence-corrected chi connectivity index (χ4v) is 2.15. The van der Waals surface area contributed by atoms with Crippen molar-refractivity contribution >= 4 is 34.5 Å². The molecule has 2 aromatic rings. The van der Waals surface area contributed by atoms with Crippen molar-refractivity contribution in [3.8, 4) is 0 Å². The van der Waals surface area contributed by atoms with Crippen LogP contribution < -0.4 is 16.4 Å². The largest absolute Gasteiger partial charge is 0.325 e. The van der Waals surface area contributed by atoms with E-state index in [-0.39, 0.29) is 11.8 Å². The van der Waals surface area contributed by atoms with Crippen LogP contribution in [0.1, 0.15) is 16.6 Å². The zero-order chi connectivity index (χ0) is 14.5. The van der Waals surface area contributed by atoms with E-state index in [4.69, 9.17) is 5.73 Å². The van der Waals surface area contributed by atoms with Gasteiger partial charge in [-0.1, -0.05) is 12.1 Å². The van der Waals surface area contributed by atoms with Gasteiger partial charge in [-0.25, -0.2) is 0 Å². The second kappa shape index (κ2) is 6.31. The van der Waals surface area contributed by atoms with E-state index >= 15 is 0 Å². The molecule has 2 rings (SSSR count). The molecule has 1 aromatic carbocycles. The summed E-state index contributed by atoms with van der Waals surface area (Å²) in [6, 6.07) is 9.92. The normalized spacial score (nSPS) is 11.7. The first-order valence-electron chi connectivity index (χ1n) is 6.07. The van der Waals surface area contributed by atoms with E-state index in [9.17, 15) is 9.59 Å². The van der Waals surface area contributed by atoms with Crippen molar-refractivity contribution in [2.45, 2.75) is 13.0 Å². The summed E-state index contributed by atoms with van der Waals surface area (Å²) < 4.78 is 0. The number of hydrogen-bond acceptors (Lipinski definition) is 4. The molecule has 0 bridgehead atoms. The molecule has 1 aromatic heterocycles. The van der Waals surface area contributed by atoms with Gasteiger partial charge in [0, 0.05) is 11.4 Å². The molecule has 104 valence electrons. The molecule has 1 heterocycles. The molecule has 0 aliphatic rings. The first kappa shape index (κ1) is 14.2. The van der Waals surface area contributed by atoms with E-state index in [2.05, 4.69) is 10.6 Å². The maximum Gasteiger partial charge on any atom is 0.265 e. The van der Waals surface area contributed by atoms with Gasteiger partial charge in [0.15, 0.2) is 0 Å². The number of anilines is 2. The number of thiophene rings is 1. The Morgan fingerprint density at radius 1 is 1.15 bits per heavy atom. The number of rotatable bonds is 4. The first-order chi connectivity index (χ1) is 9.56. The fraction of sp³-hybridized carbons (Fsp3) is 0.143. The minimum absolute atomic E-state index is 0.171. The van der Waals surface area contributed by atoms with Crippen molar-refractivity contribution in [1.82, 2.24) is 0 Å². The van der Waals surface area contributed by atoms with Crippen molar-refractivity contribution < 1.29 is 9.59 Å². The number of hydrogen-bond donors (Lipinski definition) is 3. The predicted molar refractivity (Wildman–Crippen MR) is 81.0 cm³/mol. The predicted octanol–water partition coefficient (Wildman–Crippen LogP) is 2.29. The number of nitrogens with one attached hydrogen (secondary N) is 2. The highest BCUT2D eigenvalue weighted by Crippen LogP contribution is 2.17. The molecule has 4 N–H and O–H groups in total. The summed E-state index contributed by atoms with van der Waals surface area (Å²) >= 11 is 1.37. The highest BCUT2D eigenvalue weighted by atomic mass is 32.1. The van der Waals surface area contributed by atoms with Gasteiger partial charge in [0.2, 0.25) is 5.91 Å². The Labute approximate surface area is 120 Å². The second-order valence-corrected chi connectivity index (χ2v) is 5.24. The summed E-state index contributed by atoms with van der Waals surface area (Å²) in [5.41, 5.74) is 6.70. The smallest absolute Gasteiger partial charge is 0.265 e. The summed E-state index contributed by atoms with van der Waals surface area (Å²) in [4.78, 5) is 24.1. The van der Waals surface area contributed by atoms with Crippen molar-refractivity contribution in [3.05, 3.63) is 46.7 Å². The third-order valence-electron chi connectivity index (χ3n) is 2.55. The molecule has 0 saturated heterocycles. The number of amides is 2. The van der Waals surface area contributed by atoms with Gasteiger partial charge in [0.25, 0.3) is 5.91 Å². The van der Waals surface area contributed by atoms with Crippen LogP contribution in [0, 0.1) is 0 Å². The van der Waals surface area contributed by atoms with E-state index < -0.39 is 6.04 Å². The van der Waals surface area contributed by atoms with Crippen molar-refractivity contribution in [1.29, 1.82) is 0 Å². The van der Waals surface area contributed by atoms with Crippen molar-refractivity contribution in [2.75, 3.05) is 10.6 Å². The molecule has 0 saturated carbocycles. The first-order valence-corrected chi connectivity index (χ1v) is 6.95. The van der Waals surface area contributed by atoms with Gasteiger partial charge in [-0.2, -0.15) is 0 Å². The third-order valence-corrected chi connectivity index (χ3v) is 3.42. The molecule has 0 aliphatic heterocycles. The van der Waals surface area contributed by atoms with Crippen molar-refractivity contribution in [2.24, 2.45) is 5.73 Å². The monoisotopic (exact) mass is 289 g/mol. The highest BCUT2D eigenvalue weighted by molar-refractivity contribution is 7.12. The van der Waals surface area contributed by atoms with E-state index in [1.165, 1.54) is 11.3 Å². The lowest BCUT2D eigenvalue weighted by Crippen LogP contribution is -2.32. The van der Waals surface area contributed by atoms with Gasteiger partial charge in [-0.05, 0) is 36.6 Å². The highest BCUT2D eigenvalue weighted by Gasteiger charge is 2.09. The van der Waals surface area contributed by atoms with Gasteiger partial charge in [-0.15, -0.1) is 11.3 Å². The molecular weight excluding hydrogens is 274 g/mol. The molecule has 0 unspecified atom stereocenters. The van der Waals surface area contributed by atoms with E-state index in [1.54, 1.807) is 37.3 Å². The van der Waals surface area contributed by atoms with Crippen LogP contribution in [0.15, 0.2) is 41.8 Å². The van der Waals surface area contributed by atoms with Crippen LogP contribution in [-0.4, -0.2) is 17.9 Å². The Bertz CT molecular complexity index is 609. The van der Waals surface area contributed by atoms with Gasteiger partial charge >= 0.3 is 0 Å². The molecule has 2 amide bonds. The Balaban J connectivity index is 2.06. The maximum absolute atomic E-state index is 11.9. The number of carbonyl (C=O) groups excluding carboxylic acids is 2. The van der Waals surface area contributed by atoms with E-state index in [1.807, 2.05) is 11.4 Å². The summed E-state index contributed by atoms with van der Waals surface area (Å²) in [6.45, 7) is 1.61. The molecule has 20 heavy (non-hydrogen) atoms. The van der Waals surface area contributed by atoms with E-state index in [0.717, 1.165) is 0 Å². The van der Waals surface area contributed by atoms with E-state index in [0.29, 0.717) is 16.3 Å². The fourth-order valence-electron chi connectivity index (χ4n) is 1.53. The summed E-state index contributed by atoms with van der Waals surface area (Å²) in [5.74, 6) is -0.442. The van der Waals surface area contributed by atoms with Gasteiger partial charge in [0.05, 0.1) is 10.9 Å². The minimum atomic E-state index is -0.584. The number of benzene rings is 1. The SMILES string of the molecule is C[C@H](N)C(=O)Nc1cccc(NC(=O)c2cccs2)c1. The lowest BCUT2D eigenvalue weighted by molar-refractivity contribution is -0.117. The standard InChI is InChI=1S/C14H15N3O2S/c1-9(15)13(18)16-10-4-2-5-11(8-10)17-14(19)12-6-3-7-20-12/h2-9H,15H2,1H3,(H,16,18)(H,17,19)/t9-/m0/s1.